The molecule has 0 aliphatic rings. The molecular formula is C21H28N2O3S. The molecule has 0 unspecified atom stereocenters. The maximum absolute atomic E-state index is 11.9. The fourth-order valence-corrected chi connectivity index (χ4v) is 3.84. The van der Waals surface area contributed by atoms with Crippen molar-refractivity contribution in [3.63, 3.8) is 0 Å². The van der Waals surface area contributed by atoms with Gasteiger partial charge in [-0.05, 0) is 48.9 Å². The lowest BCUT2D eigenvalue weighted by atomic mass is 10.1. The SMILES string of the molecule is CCNS(=O)(=O)c1ccc(CCNC(=O)CCCCc2ccccc2)cc1. The van der Waals surface area contributed by atoms with Gasteiger partial charge in [0, 0.05) is 19.5 Å². The summed E-state index contributed by atoms with van der Waals surface area (Å²) in [5.74, 6) is 0.0643. The normalized spacial score (nSPS) is 11.3. The summed E-state index contributed by atoms with van der Waals surface area (Å²) in [4.78, 5) is 12.2. The summed E-state index contributed by atoms with van der Waals surface area (Å²) in [6.07, 6.45) is 4.08. The van der Waals surface area contributed by atoms with Crippen molar-refractivity contribution in [2.24, 2.45) is 0 Å². The van der Waals surface area contributed by atoms with Gasteiger partial charge in [0.15, 0.2) is 0 Å². The maximum Gasteiger partial charge on any atom is 0.240 e. The Labute approximate surface area is 162 Å². The second-order valence-electron chi connectivity index (χ2n) is 6.44. The molecule has 0 saturated carbocycles. The van der Waals surface area contributed by atoms with Gasteiger partial charge in [-0.25, -0.2) is 13.1 Å². The molecule has 0 bridgehead atoms. The third-order valence-corrected chi connectivity index (χ3v) is 5.83. The zero-order valence-electron chi connectivity index (χ0n) is 15.8. The van der Waals surface area contributed by atoms with Gasteiger partial charge in [0.1, 0.15) is 0 Å². The van der Waals surface area contributed by atoms with E-state index in [9.17, 15) is 13.2 Å². The highest BCUT2D eigenvalue weighted by atomic mass is 32.2. The minimum absolute atomic E-state index is 0.0643. The molecule has 6 heteroatoms. The molecule has 0 atom stereocenters. The van der Waals surface area contributed by atoms with Crippen LogP contribution in [0.25, 0.3) is 0 Å². The second-order valence-corrected chi connectivity index (χ2v) is 8.20. The number of rotatable bonds is 11. The zero-order chi connectivity index (χ0) is 19.5. The van der Waals surface area contributed by atoms with Crippen LogP contribution in [0.3, 0.4) is 0 Å². The number of aryl methyl sites for hydroxylation is 1. The fraction of sp³-hybridized carbons (Fsp3) is 0.381. The first-order chi connectivity index (χ1) is 13.0. The summed E-state index contributed by atoms with van der Waals surface area (Å²) in [6, 6.07) is 17.0. The summed E-state index contributed by atoms with van der Waals surface area (Å²) in [5.41, 5.74) is 2.30. The first-order valence-corrected chi connectivity index (χ1v) is 10.9. The van der Waals surface area contributed by atoms with Crippen molar-refractivity contribution in [1.82, 2.24) is 10.0 Å². The van der Waals surface area contributed by atoms with Gasteiger partial charge in [-0.3, -0.25) is 4.79 Å². The summed E-state index contributed by atoms with van der Waals surface area (Å²) < 4.78 is 26.3. The molecule has 1 amide bonds. The molecule has 0 spiro atoms. The van der Waals surface area contributed by atoms with Gasteiger partial charge >= 0.3 is 0 Å². The van der Waals surface area contributed by atoms with Crippen molar-refractivity contribution in [3.05, 3.63) is 65.7 Å². The number of amides is 1. The molecule has 146 valence electrons. The van der Waals surface area contributed by atoms with Crippen LogP contribution in [0.1, 0.15) is 37.3 Å². The average Bonchev–Trinajstić information content (AvgIpc) is 2.66. The van der Waals surface area contributed by atoms with Crippen molar-refractivity contribution in [2.75, 3.05) is 13.1 Å². The highest BCUT2D eigenvalue weighted by molar-refractivity contribution is 7.89. The van der Waals surface area contributed by atoms with Gasteiger partial charge in [0.25, 0.3) is 0 Å². The van der Waals surface area contributed by atoms with Crippen molar-refractivity contribution < 1.29 is 13.2 Å². The van der Waals surface area contributed by atoms with Gasteiger partial charge in [-0.1, -0.05) is 49.4 Å². The lowest BCUT2D eigenvalue weighted by Gasteiger charge is -2.07. The zero-order valence-corrected chi connectivity index (χ0v) is 16.6. The number of carbonyl (C=O) groups is 1. The van der Waals surface area contributed by atoms with E-state index in [-0.39, 0.29) is 10.8 Å². The number of hydrogen-bond donors (Lipinski definition) is 2. The summed E-state index contributed by atoms with van der Waals surface area (Å²) in [7, 11) is -3.41. The number of nitrogens with one attached hydrogen (secondary N) is 2. The monoisotopic (exact) mass is 388 g/mol. The highest BCUT2D eigenvalue weighted by Crippen LogP contribution is 2.11. The molecule has 5 nitrogen and oxygen atoms in total. The van der Waals surface area contributed by atoms with E-state index in [1.807, 2.05) is 18.2 Å². The summed E-state index contributed by atoms with van der Waals surface area (Å²) in [6.45, 7) is 2.66. The smallest absolute Gasteiger partial charge is 0.240 e. The van der Waals surface area contributed by atoms with Gasteiger partial charge in [-0.2, -0.15) is 0 Å². The van der Waals surface area contributed by atoms with Gasteiger partial charge in [0.2, 0.25) is 15.9 Å². The fourth-order valence-electron chi connectivity index (χ4n) is 2.80. The lowest BCUT2D eigenvalue weighted by Crippen LogP contribution is -2.25. The molecule has 2 rings (SSSR count). The van der Waals surface area contributed by atoms with Crippen LogP contribution in [-0.2, 0) is 27.7 Å². The van der Waals surface area contributed by atoms with E-state index in [0.29, 0.717) is 25.9 Å². The third-order valence-electron chi connectivity index (χ3n) is 4.27. The van der Waals surface area contributed by atoms with Crippen LogP contribution < -0.4 is 10.0 Å². The van der Waals surface area contributed by atoms with Crippen LogP contribution >= 0.6 is 0 Å². The summed E-state index contributed by atoms with van der Waals surface area (Å²) in [5, 5.41) is 2.93. The number of benzene rings is 2. The van der Waals surface area contributed by atoms with Crippen molar-refractivity contribution >= 4 is 15.9 Å². The first-order valence-electron chi connectivity index (χ1n) is 9.40. The van der Waals surface area contributed by atoms with E-state index in [0.717, 1.165) is 24.8 Å². The van der Waals surface area contributed by atoms with Gasteiger partial charge in [-0.15, -0.1) is 0 Å². The van der Waals surface area contributed by atoms with E-state index in [1.54, 1.807) is 31.2 Å². The standard InChI is InChI=1S/C21H28N2O3S/c1-2-23-27(25,26)20-14-12-19(13-15-20)16-17-22-21(24)11-7-6-10-18-8-4-3-5-9-18/h3-5,8-9,12-15,23H,2,6-7,10-11,16-17H2,1H3,(H,22,24). The number of unbranched alkanes of at least 4 members (excludes halogenated alkanes) is 1. The molecule has 0 heterocycles. The Bertz CT molecular complexity index is 803. The van der Waals surface area contributed by atoms with Crippen molar-refractivity contribution in [3.8, 4) is 0 Å². The molecule has 27 heavy (non-hydrogen) atoms. The molecule has 2 N–H and O–H groups in total. The molecule has 0 aromatic heterocycles. The predicted molar refractivity (Wildman–Crippen MR) is 108 cm³/mol. The van der Waals surface area contributed by atoms with Crippen molar-refractivity contribution in [1.29, 1.82) is 0 Å². The van der Waals surface area contributed by atoms with E-state index in [2.05, 4.69) is 22.2 Å². The Hall–Kier alpha value is -2.18. The van der Waals surface area contributed by atoms with Crippen LogP contribution in [0.4, 0.5) is 0 Å². The molecule has 0 aliphatic carbocycles. The molecule has 2 aromatic carbocycles. The first kappa shape index (κ1) is 21.1. The molecule has 0 saturated heterocycles. The molecule has 0 radical (unpaired) electrons. The molecule has 0 fully saturated rings. The number of carbonyl (C=O) groups excluding carboxylic acids is 1. The van der Waals surface area contributed by atoms with Gasteiger partial charge in [0.05, 0.1) is 4.90 Å². The Morgan fingerprint density at radius 2 is 1.56 bits per heavy atom. The highest BCUT2D eigenvalue weighted by Gasteiger charge is 2.11. The largest absolute Gasteiger partial charge is 0.356 e. The third kappa shape index (κ3) is 7.53. The Balaban J connectivity index is 1.64. The van der Waals surface area contributed by atoms with Crippen molar-refractivity contribution in [2.45, 2.75) is 43.9 Å². The number of sulfonamides is 1. The average molecular weight is 389 g/mol. The minimum atomic E-state index is -3.41. The summed E-state index contributed by atoms with van der Waals surface area (Å²) >= 11 is 0. The van der Waals surface area contributed by atoms with Gasteiger partial charge < -0.3 is 5.32 Å². The second kappa shape index (κ2) is 10.8. The minimum Gasteiger partial charge on any atom is -0.356 e. The van der Waals surface area contributed by atoms with Crippen LogP contribution in [0.15, 0.2) is 59.5 Å². The molecule has 0 aliphatic heterocycles. The van der Waals surface area contributed by atoms with Crippen LogP contribution in [0.5, 0.6) is 0 Å². The van der Waals surface area contributed by atoms with E-state index in [1.165, 1.54) is 5.56 Å². The van der Waals surface area contributed by atoms with E-state index in [4.69, 9.17) is 0 Å². The van der Waals surface area contributed by atoms with E-state index < -0.39 is 10.0 Å². The Kier molecular flexibility index (Phi) is 8.48. The lowest BCUT2D eigenvalue weighted by molar-refractivity contribution is -0.121. The molecular weight excluding hydrogens is 360 g/mol. The van der Waals surface area contributed by atoms with Crippen LogP contribution in [-0.4, -0.2) is 27.4 Å². The van der Waals surface area contributed by atoms with E-state index >= 15 is 0 Å². The Morgan fingerprint density at radius 3 is 2.22 bits per heavy atom. The quantitative estimate of drug-likeness (QED) is 0.581. The van der Waals surface area contributed by atoms with Crippen LogP contribution in [0.2, 0.25) is 0 Å². The van der Waals surface area contributed by atoms with Crippen LogP contribution in [0, 0.1) is 0 Å². The topological polar surface area (TPSA) is 75.3 Å². The number of hydrogen-bond acceptors (Lipinski definition) is 3. The Morgan fingerprint density at radius 1 is 0.889 bits per heavy atom. The maximum atomic E-state index is 11.9. The molecule has 2 aromatic rings. The predicted octanol–water partition coefficient (Wildman–Crippen LogP) is 3.06.